The first-order chi connectivity index (χ1) is 7.97. The maximum atomic E-state index is 5.68. The maximum absolute atomic E-state index is 5.68. The second-order valence-corrected chi connectivity index (χ2v) is 5.36. The Morgan fingerprint density at radius 2 is 1.76 bits per heavy atom. The molecule has 0 aromatic heterocycles. The van der Waals surface area contributed by atoms with E-state index in [0.717, 1.165) is 17.9 Å². The number of nitrogen functional groups attached to an aromatic ring is 1. The molecule has 0 heterocycles. The van der Waals surface area contributed by atoms with E-state index in [1.807, 2.05) is 24.3 Å². The number of rotatable bonds is 6. The van der Waals surface area contributed by atoms with Gasteiger partial charge in [0, 0.05) is 24.0 Å². The van der Waals surface area contributed by atoms with E-state index in [1.165, 1.54) is 6.42 Å². The van der Waals surface area contributed by atoms with Crippen LogP contribution in [0.5, 0.6) is 0 Å². The van der Waals surface area contributed by atoms with Gasteiger partial charge in [0.2, 0.25) is 0 Å². The molecule has 3 heteroatoms. The zero-order valence-corrected chi connectivity index (χ0v) is 11.4. The molecule has 0 radical (unpaired) electrons. The zero-order chi connectivity index (χ0) is 12.8. The summed E-state index contributed by atoms with van der Waals surface area (Å²) in [6.07, 6.45) is 1.17. The van der Waals surface area contributed by atoms with Gasteiger partial charge in [-0.15, -0.1) is 0 Å². The highest BCUT2D eigenvalue weighted by atomic mass is 15.1. The monoisotopic (exact) mass is 235 g/mol. The van der Waals surface area contributed by atoms with Crippen LogP contribution in [0.4, 0.5) is 11.4 Å². The summed E-state index contributed by atoms with van der Waals surface area (Å²) in [4.78, 5) is 2.22. The summed E-state index contributed by atoms with van der Waals surface area (Å²) in [6.45, 7) is 5.56. The van der Waals surface area contributed by atoms with Crippen LogP contribution in [0.25, 0.3) is 0 Å². The van der Waals surface area contributed by atoms with Gasteiger partial charge in [-0.1, -0.05) is 13.8 Å². The van der Waals surface area contributed by atoms with Crippen molar-refractivity contribution in [2.24, 2.45) is 5.92 Å². The lowest BCUT2D eigenvalue weighted by atomic mass is 10.0. The molecule has 0 aliphatic heterocycles. The lowest BCUT2D eigenvalue weighted by Crippen LogP contribution is -2.33. The van der Waals surface area contributed by atoms with Crippen molar-refractivity contribution in [1.29, 1.82) is 0 Å². The van der Waals surface area contributed by atoms with E-state index in [0.29, 0.717) is 12.0 Å². The molecule has 0 saturated heterocycles. The van der Waals surface area contributed by atoms with Crippen LogP contribution in [0, 0.1) is 5.92 Å². The van der Waals surface area contributed by atoms with E-state index in [4.69, 9.17) is 5.73 Å². The van der Waals surface area contributed by atoms with E-state index in [9.17, 15) is 0 Å². The van der Waals surface area contributed by atoms with Gasteiger partial charge < -0.3 is 16.0 Å². The second-order valence-electron chi connectivity index (χ2n) is 5.36. The van der Waals surface area contributed by atoms with Gasteiger partial charge in [-0.3, -0.25) is 0 Å². The fourth-order valence-electron chi connectivity index (χ4n) is 2.00. The molecule has 3 nitrogen and oxygen atoms in total. The zero-order valence-electron chi connectivity index (χ0n) is 11.4. The SMILES string of the molecule is CC(C)CC(CN(C)C)Nc1ccc(N)cc1. The highest BCUT2D eigenvalue weighted by molar-refractivity contribution is 5.51. The molecule has 3 N–H and O–H groups in total. The van der Waals surface area contributed by atoms with Crippen molar-refractivity contribution in [2.45, 2.75) is 26.3 Å². The van der Waals surface area contributed by atoms with Crippen LogP contribution in [0.2, 0.25) is 0 Å². The molecule has 0 spiro atoms. The number of nitrogens with zero attached hydrogens (tertiary/aromatic N) is 1. The number of hydrogen-bond acceptors (Lipinski definition) is 3. The number of benzene rings is 1. The van der Waals surface area contributed by atoms with Crippen LogP contribution >= 0.6 is 0 Å². The highest BCUT2D eigenvalue weighted by Crippen LogP contribution is 2.15. The molecule has 0 aliphatic carbocycles. The Kier molecular flexibility index (Phi) is 5.29. The van der Waals surface area contributed by atoms with Gasteiger partial charge in [-0.2, -0.15) is 0 Å². The summed E-state index contributed by atoms with van der Waals surface area (Å²) in [5.41, 5.74) is 7.64. The standard InChI is InChI=1S/C14H25N3/c1-11(2)9-14(10-17(3)4)16-13-7-5-12(15)6-8-13/h5-8,11,14,16H,9-10,15H2,1-4H3. The molecule has 17 heavy (non-hydrogen) atoms. The Morgan fingerprint density at radius 1 is 1.18 bits per heavy atom. The fourth-order valence-corrected chi connectivity index (χ4v) is 2.00. The minimum Gasteiger partial charge on any atom is -0.399 e. The van der Waals surface area contributed by atoms with Crippen LogP contribution in [0.1, 0.15) is 20.3 Å². The third-order valence-corrected chi connectivity index (χ3v) is 2.62. The molecular formula is C14H25N3. The van der Waals surface area contributed by atoms with Crippen LogP contribution in [-0.2, 0) is 0 Å². The Hall–Kier alpha value is -1.22. The van der Waals surface area contributed by atoms with Crippen LogP contribution < -0.4 is 11.1 Å². The molecular weight excluding hydrogens is 210 g/mol. The molecule has 0 bridgehead atoms. The van der Waals surface area contributed by atoms with Gasteiger partial charge in [-0.05, 0) is 50.7 Å². The molecule has 0 amide bonds. The molecule has 1 aromatic rings. The predicted molar refractivity (Wildman–Crippen MR) is 76.3 cm³/mol. The molecule has 96 valence electrons. The summed E-state index contributed by atoms with van der Waals surface area (Å²) in [7, 11) is 4.22. The number of anilines is 2. The minimum absolute atomic E-state index is 0.480. The van der Waals surface area contributed by atoms with E-state index < -0.39 is 0 Å². The van der Waals surface area contributed by atoms with Gasteiger partial charge >= 0.3 is 0 Å². The third kappa shape index (κ3) is 5.59. The van der Waals surface area contributed by atoms with Crippen LogP contribution in [-0.4, -0.2) is 31.6 Å². The normalized spacial score (nSPS) is 13.1. The van der Waals surface area contributed by atoms with E-state index in [2.05, 4.69) is 38.2 Å². The second kappa shape index (κ2) is 6.50. The topological polar surface area (TPSA) is 41.3 Å². The molecule has 1 aromatic carbocycles. The van der Waals surface area contributed by atoms with Crippen molar-refractivity contribution in [3.63, 3.8) is 0 Å². The molecule has 1 rings (SSSR count). The first-order valence-corrected chi connectivity index (χ1v) is 6.24. The molecule has 1 atom stereocenters. The Labute approximate surface area is 105 Å². The molecule has 0 fully saturated rings. The van der Waals surface area contributed by atoms with Gasteiger partial charge in [0.05, 0.1) is 0 Å². The number of nitrogens with two attached hydrogens (primary N) is 1. The smallest absolute Gasteiger partial charge is 0.0390 e. The van der Waals surface area contributed by atoms with Crippen LogP contribution in [0.3, 0.4) is 0 Å². The summed E-state index contributed by atoms with van der Waals surface area (Å²) in [5, 5.41) is 3.57. The number of nitrogens with one attached hydrogen (secondary N) is 1. The largest absolute Gasteiger partial charge is 0.399 e. The van der Waals surface area contributed by atoms with Crippen molar-refractivity contribution in [3.05, 3.63) is 24.3 Å². The van der Waals surface area contributed by atoms with Crippen molar-refractivity contribution in [3.8, 4) is 0 Å². The van der Waals surface area contributed by atoms with Crippen LogP contribution in [0.15, 0.2) is 24.3 Å². The molecule has 0 aliphatic rings. The lowest BCUT2D eigenvalue weighted by Gasteiger charge is -2.25. The van der Waals surface area contributed by atoms with Crippen molar-refractivity contribution >= 4 is 11.4 Å². The average molecular weight is 235 g/mol. The number of likely N-dealkylation sites (N-methyl/N-ethyl adjacent to an activating group) is 1. The van der Waals surface area contributed by atoms with Gasteiger partial charge in [0.25, 0.3) is 0 Å². The van der Waals surface area contributed by atoms with Crippen molar-refractivity contribution in [2.75, 3.05) is 31.7 Å². The Morgan fingerprint density at radius 3 is 2.24 bits per heavy atom. The quantitative estimate of drug-likeness (QED) is 0.745. The number of hydrogen-bond donors (Lipinski definition) is 2. The molecule has 0 saturated carbocycles. The minimum atomic E-state index is 0.480. The van der Waals surface area contributed by atoms with Crippen molar-refractivity contribution < 1.29 is 0 Å². The van der Waals surface area contributed by atoms with E-state index in [-0.39, 0.29) is 0 Å². The third-order valence-electron chi connectivity index (χ3n) is 2.62. The predicted octanol–water partition coefficient (Wildman–Crippen LogP) is 2.66. The molecule has 1 unspecified atom stereocenters. The lowest BCUT2D eigenvalue weighted by molar-refractivity contribution is 0.356. The van der Waals surface area contributed by atoms with Crippen molar-refractivity contribution in [1.82, 2.24) is 4.90 Å². The summed E-state index contributed by atoms with van der Waals surface area (Å²) in [5.74, 6) is 0.696. The average Bonchev–Trinajstić information content (AvgIpc) is 2.19. The van der Waals surface area contributed by atoms with Gasteiger partial charge in [0.1, 0.15) is 0 Å². The highest BCUT2D eigenvalue weighted by Gasteiger charge is 2.11. The van der Waals surface area contributed by atoms with E-state index >= 15 is 0 Å². The maximum Gasteiger partial charge on any atom is 0.0390 e. The first-order valence-electron chi connectivity index (χ1n) is 6.24. The summed E-state index contributed by atoms with van der Waals surface area (Å²) >= 11 is 0. The summed E-state index contributed by atoms with van der Waals surface area (Å²) in [6, 6.07) is 8.43. The van der Waals surface area contributed by atoms with Gasteiger partial charge in [0.15, 0.2) is 0 Å². The first kappa shape index (κ1) is 13.8. The van der Waals surface area contributed by atoms with E-state index in [1.54, 1.807) is 0 Å². The van der Waals surface area contributed by atoms with Gasteiger partial charge in [-0.25, -0.2) is 0 Å². The fraction of sp³-hybridized carbons (Fsp3) is 0.571. The Balaban J connectivity index is 2.61. The summed E-state index contributed by atoms with van der Waals surface area (Å²) < 4.78 is 0. The Bertz CT molecular complexity index is 307.